The molecule has 2 rings (SSSR count). The second-order valence-electron chi connectivity index (χ2n) is 8.33. The number of guanidine groups is 1. The zero-order valence-electron chi connectivity index (χ0n) is 20.3. The van der Waals surface area contributed by atoms with E-state index in [1.54, 1.807) is 19.0 Å². The van der Waals surface area contributed by atoms with E-state index in [2.05, 4.69) is 36.4 Å². The molecule has 0 bridgehead atoms. The average molecular weight is 449 g/mol. The monoisotopic (exact) mass is 448 g/mol. The van der Waals surface area contributed by atoms with Gasteiger partial charge in [-0.3, -0.25) is 4.79 Å². The fraction of sp³-hybridized carbons (Fsp3) is 0.667. The Kier molecular flexibility index (Phi) is 11.1. The molecule has 1 fully saturated rings. The third-order valence-corrected chi connectivity index (χ3v) is 5.20. The molecule has 180 valence electrons. The molecule has 1 aliphatic heterocycles. The minimum atomic E-state index is -0.0457. The highest BCUT2D eigenvalue weighted by molar-refractivity contribution is 5.85. The maximum Gasteiger partial charge on any atom is 0.243 e. The van der Waals surface area contributed by atoms with Gasteiger partial charge in [0.05, 0.1) is 25.9 Å². The number of benzene rings is 1. The lowest BCUT2D eigenvalue weighted by Crippen LogP contribution is -2.42. The maximum atomic E-state index is 12.0. The lowest BCUT2D eigenvalue weighted by atomic mass is 10.1. The van der Waals surface area contributed by atoms with E-state index in [0.29, 0.717) is 25.1 Å². The number of nitrogens with zero attached hydrogens (tertiary/aromatic N) is 2. The number of amides is 1. The molecule has 1 aromatic rings. The van der Waals surface area contributed by atoms with Crippen LogP contribution in [0, 0.1) is 5.92 Å². The highest BCUT2D eigenvalue weighted by atomic mass is 16.5. The van der Waals surface area contributed by atoms with Gasteiger partial charge in [0, 0.05) is 33.2 Å². The van der Waals surface area contributed by atoms with Crippen LogP contribution in [-0.2, 0) is 9.53 Å². The van der Waals surface area contributed by atoms with Crippen LogP contribution in [0.25, 0.3) is 0 Å². The lowest BCUT2D eigenvalue weighted by Gasteiger charge is -2.21. The molecule has 0 radical (unpaired) electrons. The van der Waals surface area contributed by atoms with Crippen molar-refractivity contribution in [2.75, 3.05) is 53.6 Å². The standard InChI is InChI=1S/C24H40N4O4/c1-6-11-31-21-9-8-20(14-22(21)32-12-7-2)18(3)27-24(26-16-23(29)28(4)5)25-15-19-10-13-30-17-19/h8-9,14,18-19H,6-7,10-13,15-17H2,1-5H3,(H2,25,26,27). The van der Waals surface area contributed by atoms with Gasteiger partial charge in [-0.2, -0.15) is 0 Å². The van der Waals surface area contributed by atoms with Crippen LogP contribution in [0.5, 0.6) is 11.5 Å². The van der Waals surface area contributed by atoms with Crippen molar-refractivity contribution in [2.24, 2.45) is 10.9 Å². The molecule has 2 atom stereocenters. The van der Waals surface area contributed by atoms with Crippen molar-refractivity contribution in [3.05, 3.63) is 23.8 Å². The average Bonchev–Trinajstić information content (AvgIpc) is 3.31. The van der Waals surface area contributed by atoms with Gasteiger partial charge in [0.1, 0.15) is 6.54 Å². The molecule has 0 spiro atoms. The van der Waals surface area contributed by atoms with Crippen molar-refractivity contribution in [2.45, 2.75) is 46.1 Å². The first-order valence-corrected chi connectivity index (χ1v) is 11.7. The summed E-state index contributed by atoms with van der Waals surface area (Å²) < 4.78 is 17.3. The first-order chi connectivity index (χ1) is 15.4. The number of hydrogen-bond donors (Lipinski definition) is 2. The summed E-state index contributed by atoms with van der Waals surface area (Å²) in [6.07, 6.45) is 2.90. The molecule has 1 amide bonds. The largest absolute Gasteiger partial charge is 0.490 e. The molecular formula is C24H40N4O4. The van der Waals surface area contributed by atoms with Crippen LogP contribution in [0.1, 0.15) is 51.6 Å². The van der Waals surface area contributed by atoms with Gasteiger partial charge in [-0.15, -0.1) is 0 Å². The van der Waals surface area contributed by atoms with E-state index in [4.69, 9.17) is 14.2 Å². The van der Waals surface area contributed by atoms with Gasteiger partial charge in [0.2, 0.25) is 5.91 Å². The number of likely N-dealkylation sites (N-methyl/N-ethyl adjacent to an activating group) is 1. The summed E-state index contributed by atoms with van der Waals surface area (Å²) in [7, 11) is 3.47. The number of ether oxygens (including phenoxy) is 3. The van der Waals surface area contributed by atoms with Gasteiger partial charge >= 0.3 is 0 Å². The predicted octanol–water partition coefficient (Wildman–Crippen LogP) is 2.99. The van der Waals surface area contributed by atoms with Gasteiger partial charge < -0.3 is 29.7 Å². The van der Waals surface area contributed by atoms with Crippen molar-refractivity contribution in [1.29, 1.82) is 0 Å². The van der Waals surface area contributed by atoms with Gasteiger partial charge in [0.15, 0.2) is 17.5 Å². The maximum absolute atomic E-state index is 12.0. The molecule has 1 aromatic carbocycles. The van der Waals surface area contributed by atoms with E-state index in [-0.39, 0.29) is 18.5 Å². The molecule has 0 aliphatic carbocycles. The van der Waals surface area contributed by atoms with E-state index in [1.807, 2.05) is 18.2 Å². The Hall–Kier alpha value is -2.48. The zero-order valence-corrected chi connectivity index (χ0v) is 20.3. The van der Waals surface area contributed by atoms with E-state index >= 15 is 0 Å². The van der Waals surface area contributed by atoms with Crippen molar-refractivity contribution >= 4 is 11.9 Å². The number of nitrogens with one attached hydrogen (secondary N) is 2. The highest BCUT2D eigenvalue weighted by Gasteiger charge is 2.18. The summed E-state index contributed by atoms with van der Waals surface area (Å²) in [6, 6.07) is 5.98. The summed E-state index contributed by atoms with van der Waals surface area (Å²) >= 11 is 0. The van der Waals surface area contributed by atoms with E-state index in [1.165, 1.54) is 0 Å². The number of aliphatic imine (C=N–C) groups is 1. The van der Waals surface area contributed by atoms with Crippen molar-refractivity contribution in [3.8, 4) is 11.5 Å². The summed E-state index contributed by atoms with van der Waals surface area (Å²) in [5, 5.41) is 6.81. The van der Waals surface area contributed by atoms with Gasteiger partial charge in [0.25, 0.3) is 0 Å². The van der Waals surface area contributed by atoms with E-state index in [9.17, 15) is 4.79 Å². The SMILES string of the molecule is CCCOc1ccc(C(C)NC(=NCC(=O)N(C)C)NCC2CCOC2)cc1OCCC. The summed E-state index contributed by atoms with van der Waals surface area (Å²) in [4.78, 5) is 18.1. The van der Waals surface area contributed by atoms with E-state index in [0.717, 1.165) is 56.1 Å². The summed E-state index contributed by atoms with van der Waals surface area (Å²) in [5.74, 6) is 2.54. The molecule has 8 nitrogen and oxygen atoms in total. The molecular weight excluding hydrogens is 408 g/mol. The summed E-state index contributed by atoms with van der Waals surface area (Å²) in [5.41, 5.74) is 1.05. The topological polar surface area (TPSA) is 84.4 Å². The third kappa shape index (κ3) is 8.57. The molecule has 2 N–H and O–H groups in total. The fourth-order valence-corrected chi connectivity index (χ4v) is 3.16. The Labute approximate surface area is 192 Å². The van der Waals surface area contributed by atoms with Crippen LogP contribution in [0.3, 0.4) is 0 Å². The van der Waals surface area contributed by atoms with Crippen LogP contribution in [0.15, 0.2) is 23.2 Å². The van der Waals surface area contributed by atoms with Gasteiger partial charge in [-0.1, -0.05) is 19.9 Å². The first-order valence-electron chi connectivity index (χ1n) is 11.7. The third-order valence-electron chi connectivity index (χ3n) is 5.20. The second-order valence-corrected chi connectivity index (χ2v) is 8.33. The first kappa shape index (κ1) is 25.8. The predicted molar refractivity (Wildman–Crippen MR) is 127 cm³/mol. The summed E-state index contributed by atoms with van der Waals surface area (Å²) in [6.45, 7) is 9.92. The minimum Gasteiger partial charge on any atom is -0.490 e. The molecule has 0 saturated carbocycles. The van der Waals surface area contributed by atoms with Crippen molar-refractivity contribution in [3.63, 3.8) is 0 Å². The van der Waals surface area contributed by atoms with Crippen LogP contribution in [0.4, 0.5) is 0 Å². The number of hydrogen-bond acceptors (Lipinski definition) is 5. The van der Waals surface area contributed by atoms with Crippen LogP contribution < -0.4 is 20.1 Å². The number of carbonyl (C=O) groups excluding carboxylic acids is 1. The second kappa shape index (κ2) is 13.8. The van der Waals surface area contributed by atoms with Crippen LogP contribution >= 0.6 is 0 Å². The molecule has 1 heterocycles. The number of rotatable bonds is 12. The Morgan fingerprint density at radius 1 is 1.22 bits per heavy atom. The Morgan fingerprint density at radius 3 is 2.56 bits per heavy atom. The lowest BCUT2D eigenvalue weighted by molar-refractivity contribution is -0.127. The van der Waals surface area contributed by atoms with E-state index < -0.39 is 0 Å². The number of carbonyl (C=O) groups is 1. The van der Waals surface area contributed by atoms with Gasteiger partial charge in [-0.25, -0.2) is 4.99 Å². The normalized spacial score (nSPS) is 17.0. The zero-order chi connectivity index (χ0) is 23.3. The smallest absolute Gasteiger partial charge is 0.243 e. The van der Waals surface area contributed by atoms with Gasteiger partial charge in [-0.05, 0) is 43.9 Å². The Morgan fingerprint density at radius 2 is 1.94 bits per heavy atom. The molecule has 1 saturated heterocycles. The molecule has 0 aromatic heterocycles. The molecule has 2 unspecified atom stereocenters. The van der Waals surface area contributed by atoms with Crippen molar-refractivity contribution < 1.29 is 19.0 Å². The minimum absolute atomic E-state index is 0.0419. The van der Waals surface area contributed by atoms with Crippen LogP contribution in [0.2, 0.25) is 0 Å². The quantitative estimate of drug-likeness (QED) is 0.378. The highest BCUT2D eigenvalue weighted by Crippen LogP contribution is 2.31. The fourth-order valence-electron chi connectivity index (χ4n) is 3.16. The Balaban J connectivity index is 2.11. The Bertz CT molecular complexity index is 733. The van der Waals surface area contributed by atoms with Crippen LogP contribution in [-0.4, -0.2) is 70.4 Å². The molecule has 1 aliphatic rings. The molecule has 8 heteroatoms. The molecule has 32 heavy (non-hydrogen) atoms. The van der Waals surface area contributed by atoms with Crippen molar-refractivity contribution in [1.82, 2.24) is 15.5 Å².